The summed E-state index contributed by atoms with van der Waals surface area (Å²) < 4.78 is 0. The van der Waals surface area contributed by atoms with Crippen LogP contribution in [0.15, 0.2) is 36.8 Å². The fourth-order valence-electron chi connectivity index (χ4n) is 3.02. The normalized spacial score (nSPS) is 12.4. The van der Waals surface area contributed by atoms with Crippen molar-refractivity contribution in [1.82, 2.24) is 20.2 Å². The lowest BCUT2D eigenvalue weighted by Gasteiger charge is -2.14. The number of benzene rings is 1. The minimum atomic E-state index is -0.233. The summed E-state index contributed by atoms with van der Waals surface area (Å²) in [5.41, 5.74) is 5.96. The number of carbonyl (C=O) groups excluding carboxylic acids is 1. The predicted octanol–water partition coefficient (Wildman–Crippen LogP) is 2.78. The number of aromatic amines is 1. The molecule has 0 spiro atoms. The zero-order valence-electron chi connectivity index (χ0n) is 13.3. The number of rotatable bonds is 3. The quantitative estimate of drug-likeness (QED) is 0.777. The molecule has 0 radical (unpaired) electrons. The maximum Gasteiger partial charge on any atom is 0.276 e. The van der Waals surface area contributed by atoms with E-state index in [0.29, 0.717) is 5.69 Å². The molecule has 6 heteroatoms. The van der Waals surface area contributed by atoms with E-state index in [2.05, 4.69) is 32.4 Å². The molecule has 0 unspecified atom stereocenters. The van der Waals surface area contributed by atoms with Crippen LogP contribution in [0.4, 0.5) is 5.69 Å². The van der Waals surface area contributed by atoms with Crippen molar-refractivity contribution in [2.75, 3.05) is 5.32 Å². The molecule has 1 amide bonds. The molecule has 1 aromatic carbocycles. The summed E-state index contributed by atoms with van der Waals surface area (Å²) >= 11 is 0. The van der Waals surface area contributed by atoms with E-state index in [0.717, 1.165) is 47.5 Å². The van der Waals surface area contributed by atoms with Crippen LogP contribution >= 0.6 is 0 Å². The van der Waals surface area contributed by atoms with Crippen LogP contribution in [0.1, 0.15) is 34.2 Å². The Kier molecular flexibility index (Phi) is 3.57. The summed E-state index contributed by atoms with van der Waals surface area (Å²) in [4.78, 5) is 21.1. The van der Waals surface area contributed by atoms with E-state index in [1.807, 2.05) is 30.5 Å². The molecule has 2 aromatic heterocycles. The molecule has 0 aliphatic heterocycles. The number of hydrogen-bond donors (Lipinski definition) is 2. The van der Waals surface area contributed by atoms with Gasteiger partial charge in [-0.25, -0.2) is 9.97 Å². The minimum absolute atomic E-state index is 0.233. The second-order valence-electron chi connectivity index (χ2n) is 5.83. The maximum absolute atomic E-state index is 12.7. The van der Waals surface area contributed by atoms with Gasteiger partial charge in [0.25, 0.3) is 5.91 Å². The van der Waals surface area contributed by atoms with Crippen molar-refractivity contribution in [2.24, 2.45) is 0 Å². The van der Waals surface area contributed by atoms with Crippen molar-refractivity contribution in [3.8, 4) is 11.3 Å². The second-order valence-corrected chi connectivity index (χ2v) is 5.83. The van der Waals surface area contributed by atoms with Crippen LogP contribution < -0.4 is 5.32 Å². The van der Waals surface area contributed by atoms with E-state index >= 15 is 0 Å². The van der Waals surface area contributed by atoms with Crippen molar-refractivity contribution in [1.29, 1.82) is 0 Å². The highest BCUT2D eigenvalue weighted by molar-refractivity contribution is 6.07. The van der Waals surface area contributed by atoms with Gasteiger partial charge < -0.3 is 5.32 Å². The van der Waals surface area contributed by atoms with Gasteiger partial charge in [-0.2, -0.15) is 5.10 Å². The smallest absolute Gasteiger partial charge is 0.276 e. The number of aromatic nitrogens is 4. The van der Waals surface area contributed by atoms with E-state index in [4.69, 9.17) is 0 Å². The van der Waals surface area contributed by atoms with Crippen LogP contribution in [-0.4, -0.2) is 26.1 Å². The molecule has 1 aliphatic carbocycles. The molecule has 6 nitrogen and oxygen atoms in total. The lowest BCUT2D eigenvalue weighted by Crippen LogP contribution is -2.15. The first-order valence-corrected chi connectivity index (χ1v) is 8.03. The Morgan fingerprint density at radius 1 is 1.25 bits per heavy atom. The third-order valence-corrected chi connectivity index (χ3v) is 4.35. The fraction of sp³-hybridized carbons (Fsp3) is 0.222. The highest BCUT2D eigenvalue weighted by atomic mass is 16.1. The van der Waals surface area contributed by atoms with Crippen LogP contribution in [0, 0.1) is 0 Å². The van der Waals surface area contributed by atoms with Gasteiger partial charge in [-0.05, 0) is 42.5 Å². The first-order valence-electron chi connectivity index (χ1n) is 8.03. The number of aryl methyl sites for hydroxylation is 3. The number of H-pyrrole nitrogens is 1. The van der Waals surface area contributed by atoms with Crippen LogP contribution in [0.3, 0.4) is 0 Å². The largest absolute Gasteiger partial charge is 0.321 e. The van der Waals surface area contributed by atoms with Crippen molar-refractivity contribution in [3.05, 3.63) is 59.3 Å². The monoisotopic (exact) mass is 319 g/mol. The molecule has 0 atom stereocenters. The second kappa shape index (κ2) is 5.88. The van der Waals surface area contributed by atoms with E-state index in [-0.39, 0.29) is 5.91 Å². The maximum atomic E-state index is 12.7. The van der Waals surface area contributed by atoms with Crippen molar-refractivity contribution >= 4 is 11.6 Å². The highest BCUT2D eigenvalue weighted by Crippen LogP contribution is 2.32. The Bertz CT molecular complexity index is 898. The Balaban J connectivity index is 1.66. The van der Waals surface area contributed by atoms with Crippen molar-refractivity contribution < 1.29 is 4.79 Å². The number of nitrogens with one attached hydrogen (secondary N) is 2. The first kappa shape index (κ1) is 14.6. The van der Waals surface area contributed by atoms with Crippen LogP contribution in [0.2, 0.25) is 0 Å². The molecule has 0 bridgehead atoms. The van der Waals surface area contributed by atoms with Crippen LogP contribution in [0.5, 0.6) is 0 Å². The molecular weight excluding hydrogens is 302 g/mol. The number of amides is 1. The van der Waals surface area contributed by atoms with Gasteiger partial charge in [0.2, 0.25) is 0 Å². The average molecular weight is 319 g/mol. The number of hydrogen-bond acceptors (Lipinski definition) is 4. The Hall–Kier alpha value is -3.02. The minimum Gasteiger partial charge on any atom is -0.321 e. The van der Waals surface area contributed by atoms with E-state index in [9.17, 15) is 4.79 Å². The summed E-state index contributed by atoms with van der Waals surface area (Å²) in [6.07, 6.45) is 5.94. The van der Waals surface area contributed by atoms with Gasteiger partial charge in [0.05, 0.1) is 11.3 Å². The van der Waals surface area contributed by atoms with E-state index in [1.165, 1.54) is 11.9 Å². The summed E-state index contributed by atoms with van der Waals surface area (Å²) in [5, 5.41) is 10.1. The van der Waals surface area contributed by atoms with Crippen molar-refractivity contribution in [3.63, 3.8) is 0 Å². The summed E-state index contributed by atoms with van der Waals surface area (Å²) in [6.45, 7) is 2.10. The van der Waals surface area contributed by atoms with Gasteiger partial charge in [-0.15, -0.1) is 0 Å². The molecule has 0 saturated heterocycles. The standard InChI is InChI=1S/C18H17N5O/c1-2-11-3-6-13(7-4-11)21-18(24)17-15-14(22-23-17)8-5-12-9-19-10-20-16(12)15/h3-4,6-7,9-10H,2,5,8H2,1H3,(H,21,24)(H,22,23). The van der Waals surface area contributed by atoms with Gasteiger partial charge in [-0.3, -0.25) is 9.89 Å². The van der Waals surface area contributed by atoms with E-state index < -0.39 is 0 Å². The van der Waals surface area contributed by atoms with E-state index in [1.54, 1.807) is 0 Å². The zero-order valence-corrected chi connectivity index (χ0v) is 13.3. The fourth-order valence-corrected chi connectivity index (χ4v) is 3.02. The molecule has 2 N–H and O–H groups in total. The number of fused-ring (bicyclic) bond motifs is 3. The Labute approximate surface area is 139 Å². The molecule has 0 saturated carbocycles. The van der Waals surface area contributed by atoms with Gasteiger partial charge in [0, 0.05) is 17.6 Å². The number of carbonyl (C=O) groups is 1. The summed E-state index contributed by atoms with van der Waals surface area (Å²) in [5.74, 6) is -0.233. The van der Waals surface area contributed by atoms with Gasteiger partial charge >= 0.3 is 0 Å². The molecule has 1 aliphatic rings. The average Bonchev–Trinajstić information content (AvgIpc) is 3.07. The Morgan fingerprint density at radius 3 is 2.88 bits per heavy atom. The van der Waals surface area contributed by atoms with Gasteiger partial charge in [0.15, 0.2) is 5.69 Å². The molecular formula is C18H17N5O. The van der Waals surface area contributed by atoms with Gasteiger partial charge in [-0.1, -0.05) is 19.1 Å². The number of anilines is 1. The Morgan fingerprint density at radius 2 is 2.08 bits per heavy atom. The van der Waals surface area contributed by atoms with Crippen LogP contribution in [-0.2, 0) is 19.3 Å². The molecule has 120 valence electrons. The first-order chi connectivity index (χ1) is 11.8. The lowest BCUT2D eigenvalue weighted by atomic mass is 9.93. The molecule has 4 rings (SSSR count). The molecule has 3 aromatic rings. The molecule has 2 heterocycles. The third kappa shape index (κ3) is 2.46. The molecule has 0 fully saturated rings. The van der Waals surface area contributed by atoms with Crippen molar-refractivity contribution in [2.45, 2.75) is 26.2 Å². The summed E-state index contributed by atoms with van der Waals surface area (Å²) in [7, 11) is 0. The SMILES string of the molecule is CCc1ccc(NC(=O)c2n[nH]c3c2-c2ncncc2CC3)cc1. The highest BCUT2D eigenvalue weighted by Gasteiger charge is 2.27. The van der Waals surface area contributed by atoms with Crippen LogP contribution in [0.25, 0.3) is 11.3 Å². The van der Waals surface area contributed by atoms with Gasteiger partial charge in [0.1, 0.15) is 6.33 Å². The zero-order chi connectivity index (χ0) is 16.5. The number of nitrogens with zero attached hydrogens (tertiary/aromatic N) is 3. The predicted molar refractivity (Wildman–Crippen MR) is 90.8 cm³/mol. The topological polar surface area (TPSA) is 83.6 Å². The summed E-state index contributed by atoms with van der Waals surface area (Å²) in [6, 6.07) is 7.84. The molecule has 24 heavy (non-hydrogen) atoms. The third-order valence-electron chi connectivity index (χ3n) is 4.35. The lowest BCUT2D eigenvalue weighted by molar-refractivity contribution is 0.102.